The fraction of sp³-hybridized carbons (Fsp3) is 0.0714. The Morgan fingerprint density at radius 1 is 1.00 bits per heavy atom. The number of aliphatic hydroxyl groups is 1. The number of aliphatic hydroxyl groups excluding tert-OH is 1. The number of carboxylic acid groups (broad SMARTS) is 1. The molecule has 2 N–H and O–H groups in total. The maximum absolute atomic E-state index is 10.8. The zero-order valence-electron chi connectivity index (χ0n) is 9.48. The topological polar surface area (TPSA) is 66.8 Å². The lowest BCUT2D eigenvalue weighted by molar-refractivity contribution is -0.147. The molecular weight excluding hydrogens is 232 g/mol. The van der Waals surface area contributed by atoms with Crippen molar-refractivity contribution in [3.05, 3.63) is 60.2 Å². The van der Waals surface area contributed by atoms with Crippen LogP contribution in [0.4, 0.5) is 0 Å². The van der Waals surface area contributed by atoms with Gasteiger partial charge in [0, 0.05) is 5.56 Å². The number of carbonyl (C=O) groups is 1. The van der Waals surface area contributed by atoms with Gasteiger partial charge in [-0.3, -0.25) is 0 Å². The van der Waals surface area contributed by atoms with Gasteiger partial charge in [0.1, 0.15) is 11.5 Å². The minimum Gasteiger partial charge on any atom is -0.479 e. The molecule has 0 fully saturated rings. The minimum atomic E-state index is -1.59. The molecule has 0 spiro atoms. The van der Waals surface area contributed by atoms with Crippen LogP contribution < -0.4 is 4.74 Å². The summed E-state index contributed by atoms with van der Waals surface area (Å²) < 4.78 is 5.56. The molecule has 1 unspecified atom stereocenters. The van der Waals surface area contributed by atoms with E-state index in [-0.39, 0.29) is 5.56 Å². The number of aliphatic carboxylic acids is 1. The Bertz CT molecular complexity index is 537. The second-order valence-electron chi connectivity index (χ2n) is 3.69. The molecule has 0 aliphatic rings. The smallest absolute Gasteiger partial charge is 0.337 e. The summed E-state index contributed by atoms with van der Waals surface area (Å²) in [6, 6.07) is 15.5. The molecule has 18 heavy (non-hydrogen) atoms. The summed E-state index contributed by atoms with van der Waals surface area (Å²) in [5.41, 5.74) is 0.230. The van der Waals surface area contributed by atoms with E-state index >= 15 is 0 Å². The van der Waals surface area contributed by atoms with Gasteiger partial charge in [-0.1, -0.05) is 36.4 Å². The molecule has 1 atom stereocenters. The summed E-state index contributed by atoms with van der Waals surface area (Å²) in [6.45, 7) is 0. The first-order valence-electron chi connectivity index (χ1n) is 5.41. The molecular formula is C14H12O4. The van der Waals surface area contributed by atoms with E-state index in [1.165, 1.54) is 6.07 Å². The summed E-state index contributed by atoms with van der Waals surface area (Å²) in [6.07, 6.45) is -1.59. The molecule has 2 aromatic rings. The molecule has 2 aromatic carbocycles. The summed E-state index contributed by atoms with van der Waals surface area (Å²) in [7, 11) is 0. The van der Waals surface area contributed by atoms with Crippen molar-refractivity contribution in [2.75, 3.05) is 0 Å². The van der Waals surface area contributed by atoms with Crippen LogP contribution in [0.3, 0.4) is 0 Å². The SMILES string of the molecule is O=C(O)C(O)c1ccccc1Oc1ccccc1. The van der Waals surface area contributed by atoms with Gasteiger partial charge in [-0.05, 0) is 18.2 Å². The van der Waals surface area contributed by atoms with Gasteiger partial charge in [0.05, 0.1) is 0 Å². The van der Waals surface area contributed by atoms with Crippen molar-refractivity contribution in [2.24, 2.45) is 0 Å². The average Bonchev–Trinajstić information content (AvgIpc) is 2.39. The van der Waals surface area contributed by atoms with Crippen molar-refractivity contribution >= 4 is 5.97 Å². The lowest BCUT2D eigenvalue weighted by Crippen LogP contribution is -2.11. The van der Waals surface area contributed by atoms with Crippen LogP contribution in [0.25, 0.3) is 0 Å². The largest absolute Gasteiger partial charge is 0.479 e. The summed E-state index contributed by atoms with van der Waals surface area (Å²) in [5, 5.41) is 18.4. The fourth-order valence-electron chi connectivity index (χ4n) is 1.55. The van der Waals surface area contributed by atoms with E-state index in [2.05, 4.69) is 0 Å². The molecule has 0 radical (unpaired) electrons. The lowest BCUT2D eigenvalue weighted by Gasteiger charge is -2.12. The molecule has 4 nitrogen and oxygen atoms in total. The first-order valence-corrected chi connectivity index (χ1v) is 5.41. The molecule has 2 rings (SSSR count). The second kappa shape index (κ2) is 5.33. The monoisotopic (exact) mass is 244 g/mol. The van der Waals surface area contributed by atoms with Gasteiger partial charge in [-0.25, -0.2) is 4.79 Å². The van der Waals surface area contributed by atoms with Gasteiger partial charge in [-0.15, -0.1) is 0 Å². The molecule has 4 heteroatoms. The van der Waals surface area contributed by atoms with Crippen LogP contribution in [0, 0.1) is 0 Å². The molecule has 0 aromatic heterocycles. The van der Waals surface area contributed by atoms with Gasteiger partial charge in [-0.2, -0.15) is 0 Å². The van der Waals surface area contributed by atoms with Gasteiger partial charge < -0.3 is 14.9 Å². The molecule has 0 aliphatic carbocycles. The Morgan fingerprint density at radius 3 is 2.28 bits per heavy atom. The summed E-state index contributed by atoms with van der Waals surface area (Å²) >= 11 is 0. The van der Waals surface area contributed by atoms with E-state index in [9.17, 15) is 9.90 Å². The Hall–Kier alpha value is -2.33. The van der Waals surface area contributed by atoms with E-state index in [0.717, 1.165) is 0 Å². The Kier molecular flexibility index (Phi) is 3.60. The Labute approximate surface area is 104 Å². The third-order valence-corrected chi connectivity index (χ3v) is 2.42. The second-order valence-corrected chi connectivity index (χ2v) is 3.69. The number of carboxylic acids is 1. The highest BCUT2D eigenvalue weighted by molar-refractivity contribution is 5.75. The van der Waals surface area contributed by atoms with E-state index in [0.29, 0.717) is 11.5 Å². The number of hydrogen-bond donors (Lipinski definition) is 2. The highest BCUT2D eigenvalue weighted by atomic mass is 16.5. The molecule has 0 bridgehead atoms. The van der Waals surface area contributed by atoms with Crippen LogP contribution >= 0.6 is 0 Å². The Balaban J connectivity index is 2.31. The highest BCUT2D eigenvalue weighted by Crippen LogP contribution is 2.29. The maximum Gasteiger partial charge on any atom is 0.337 e. The normalized spacial score (nSPS) is 11.8. The van der Waals surface area contributed by atoms with Crippen molar-refractivity contribution in [2.45, 2.75) is 6.10 Å². The van der Waals surface area contributed by atoms with Gasteiger partial charge in [0.2, 0.25) is 0 Å². The predicted molar refractivity (Wildman–Crippen MR) is 65.6 cm³/mol. The van der Waals surface area contributed by atoms with Crippen LogP contribution in [0.5, 0.6) is 11.5 Å². The van der Waals surface area contributed by atoms with E-state index in [4.69, 9.17) is 9.84 Å². The summed E-state index contributed by atoms with van der Waals surface area (Å²) in [5.74, 6) is -0.389. The molecule has 0 saturated heterocycles. The molecule has 0 heterocycles. The minimum absolute atomic E-state index is 0.230. The number of ether oxygens (including phenoxy) is 1. The van der Waals surface area contributed by atoms with Crippen LogP contribution in [0.2, 0.25) is 0 Å². The fourth-order valence-corrected chi connectivity index (χ4v) is 1.55. The van der Waals surface area contributed by atoms with Crippen LogP contribution in [-0.4, -0.2) is 16.2 Å². The van der Waals surface area contributed by atoms with E-state index in [1.807, 2.05) is 18.2 Å². The van der Waals surface area contributed by atoms with Crippen molar-refractivity contribution in [1.29, 1.82) is 0 Å². The standard InChI is InChI=1S/C14H12O4/c15-13(14(16)17)11-8-4-5-9-12(11)18-10-6-2-1-3-7-10/h1-9,13,15H,(H,16,17). The van der Waals surface area contributed by atoms with Crippen LogP contribution in [0.15, 0.2) is 54.6 Å². The van der Waals surface area contributed by atoms with Gasteiger partial charge in [0.15, 0.2) is 6.10 Å². The lowest BCUT2D eigenvalue weighted by atomic mass is 10.1. The molecule has 0 aliphatic heterocycles. The Morgan fingerprint density at radius 2 is 1.61 bits per heavy atom. The van der Waals surface area contributed by atoms with Crippen molar-refractivity contribution < 1.29 is 19.7 Å². The van der Waals surface area contributed by atoms with Crippen molar-refractivity contribution in [3.63, 3.8) is 0 Å². The zero-order valence-corrected chi connectivity index (χ0v) is 9.48. The third-order valence-electron chi connectivity index (χ3n) is 2.42. The molecule has 0 amide bonds. The number of benzene rings is 2. The first-order chi connectivity index (χ1) is 8.68. The molecule has 92 valence electrons. The van der Waals surface area contributed by atoms with E-state index < -0.39 is 12.1 Å². The van der Waals surface area contributed by atoms with Crippen LogP contribution in [-0.2, 0) is 4.79 Å². The number of hydrogen-bond acceptors (Lipinski definition) is 3. The maximum atomic E-state index is 10.8. The number of para-hydroxylation sites is 2. The highest BCUT2D eigenvalue weighted by Gasteiger charge is 2.20. The van der Waals surface area contributed by atoms with Crippen LogP contribution in [0.1, 0.15) is 11.7 Å². The van der Waals surface area contributed by atoms with E-state index in [1.54, 1.807) is 30.3 Å². The molecule has 0 saturated carbocycles. The average molecular weight is 244 g/mol. The van der Waals surface area contributed by atoms with Gasteiger partial charge >= 0.3 is 5.97 Å². The van der Waals surface area contributed by atoms with Crippen molar-refractivity contribution in [3.8, 4) is 11.5 Å². The zero-order chi connectivity index (χ0) is 13.0. The summed E-state index contributed by atoms with van der Waals surface area (Å²) in [4.78, 5) is 10.8. The predicted octanol–water partition coefficient (Wildman–Crippen LogP) is 2.60. The van der Waals surface area contributed by atoms with Crippen molar-refractivity contribution in [1.82, 2.24) is 0 Å². The third kappa shape index (κ3) is 2.67. The number of rotatable bonds is 4. The van der Waals surface area contributed by atoms with Gasteiger partial charge in [0.25, 0.3) is 0 Å². The quantitative estimate of drug-likeness (QED) is 0.867. The first kappa shape index (κ1) is 12.1.